The first-order valence-electron chi connectivity index (χ1n) is 16.1. The van der Waals surface area contributed by atoms with Crippen molar-refractivity contribution < 1.29 is 46.3 Å². The molecule has 0 radical (unpaired) electrons. The average Bonchev–Trinajstić information content (AvgIpc) is 3.15. The number of amides is 1. The van der Waals surface area contributed by atoms with Gasteiger partial charge in [-0.1, -0.05) is 43.3 Å². The molecule has 51 heavy (non-hydrogen) atoms. The van der Waals surface area contributed by atoms with Gasteiger partial charge in [0.15, 0.2) is 29.6 Å². The summed E-state index contributed by atoms with van der Waals surface area (Å²) < 4.78 is 82.2. The molecule has 0 bridgehead atoms. The summed E-state index contributed by atoms with van der Waals surface area (Å²) >= 11 is 0. The average molecular weight is 713 g/mol. The predicted octanol–water partition coefficient (Wildman–Crippen LogP) is 6.65. The van der Waals surface area contributed by atoms with Crippen LogP contribution in [0, 0.1) is 45.1 Å². The third-order valence-electron chi connectivity index (χ3n) is 9.24. The fraction of sp³-hybridized carbons (Fsp3) is 0.306. The van der Waals surface area contributed by atoms with E-state index < -0.39 is 57.9 Å². The summed E-state index contributed by atoms with van der Waals surface area (Å²) in [6.45, 7) is 5.29. The number of nitrogens with zero attached hydrogens (tertiary/aromatic N) is 3. The molecule has 2 fully saturated rings. The second kappa shape index (κ2) is 15.1. The maximum Gasteiger partial charge on any atom is 0.269 e. The predicted molar refractivity (Wildman–Crippen MR) is 175 cm³/mol. The number of hydrogen-bond donors (Lipinski definition) is 2. The Hall–Kier alpha value is -4.96. The van der Waals surface area contributed by atoms with Gasteiger partial charge >= 0.3 is 0 Å². The van der Waals surface area contributed by atoms with Gasteiger partial charge in [0.05, 0.1) is 23.7 Å². The number of hydrogen-bond acceptors (Lipinski definition) is 8. The number of halogens is 5. The molecule has 0 saturated carbocycles. The van der Waals surface area contributed by atoms with Gasteiger partial charge in [-0.15, -0.1) is 0 Å². The highest BCUT2D eigenvalue weighted by molar-refractivity contribution is 6.04. The van der Waals surface area contributed by atoms with Gasteiger partial charge in [-0.3, -0.25) is 19.8 Å². The van der Waals surface area contributed by atoms with Gasteiger partial charge in [0, 0.05) is 67.7 Å². The van der Waals surface area contributed by atoms with Crippen LogP contribution < -0.4 is 10.2 Å². The van der Waals surface area contributed by atoms with Crippen molar-refractivity contribution in [1.29, 1.82) is 0 Å². The molecule has 0 aromatic heterocycles. The molecule has 4 aromatic rings. The summed E-state index contributed by atoms with van der Waals surface area (Å²) in [5.74, 6) is -12.9. The maximum absolute atomic E-state index is 14.2. The number of carbonyl (C=O) groups excluding carboxylic acids is 1. The van der Waals surface area contributed by atoms with E-state index >= 15 is 0 Å². The lowest BCUT2D eigenvalue weighted by atomic mass is 9.90. The lowest BCUT2D eigenvalue weighted by molar-refractivity contribution is -0.384. The van der Waals surface area contributed by atoms with Gasteiger partial charge in [-0.2, -0.15) is 0 Å². The van der Waals surface area contributed by atoms with E-state index in [1.54, 1.807) is 24.3 Å². The molecule has 15 heteroatoms. The summed E-state index contributed by atoms with van der Waals surface area (Å²) in [4.78, 5) is 27.6. The zero-order valence-corrected chi connectivity index (χ0v) is 27.2. The third-order valence-corrected chi connectivity index (χ3v) is 9.24. The number of piperazine rings is 1. The van der Waals surface area contributed by atoms with Crippen molar-refractivity contribution in [2.45, 2.75) is 32.0 Å². The lowest BCUT2D eigenvalue weighted by Gasteiger charge is -2.44. The van der Waals surface area contributed by atoms with Crippen LogP contribution in [-0.2, 0) is 16.1 Å². The Labute approximate surface area is 289 Å². The highest BCUT2D eigenvalue weighted by Gasteiger charge is 2.39. The topological polar surface area (TPSA) is 117 Å². The van der Waals surface area contributed by atoms with Gasteiger partial charge in [0.2, 0.25) is 5.82 Å². The number of ether oxygens (including phenoxy) is 2. The lowest BCUT2D eigenvalue weighted by Crippen LogP contribution is -2.51. The van der Waals surface area contributed by atoms with Crippen molar-refractivity contribution >= 4 is 23.0 Å². The number of benzene rings is 4. The Morgan fingerprint density at radius 2 is 1.39 bits per heavy atom. The fourth-order valence-corrected chi connectivity index (χ4v) is 6.28. The van der Waals surface area contributed by atoms with Crippen molar-refractivity contribution in [3.8, 4) is 0 Å². The van der Waals surface area contributed by atoms with Crippen molar-refractivity contribution in [2.75, 3.05) is 42.9 Å². The Morgan fingerprint density at radius 3 is 1.96 bits per heavy atom. The number of anilines is 2. The third kappa shape index (κ3) is 7.56. The minimum atomic E-state index is -2.36. The molecular weight excluding hydrogens is 679 g/mol. The molecule has 0 aliphatic carbocycles. The largest absolute Gasteiger partial charge is 0.392 e. The van der Waals surface area contributed by atoms with E-state index in [4.69, 9.17) is 9.47 Å². The second-order valence-electron chi connectivity index (χ2n) is 12.4. The van der Waals surface area contributed by atoms with Gasteiger partial charge in [0.25, 0.3) is 11.6 Å². The number of aliphatic hydroxyl groups is 1. The molecule has 0 unspecified atom stereocenters. The van der Waals surface area contributed by atoms with Gasteiger partial charge in [0.1, 0.15) is 5.56 Å². The van der Waals surface area contributed by atoms with Crippen LogP contribution in [0.15, 0.2) is 72.8 Å². The molecule has 10 nitrogen and oxygen atoms in total. The van der Waals surface area contributed by atoms with E-state index in [9.17, 15) is 42.0 Å². The van der Waals surface area contributed by atoms with Crippen molar-refractivity contribution in [2.24, 2.45) is 5.92 Å². The first-order valence-corrected chi connectivity index (χ1v) is 16.1. The molecule has 2 heterocycles. The maximum atomic E-state index is 14.2. The number of nitro groups is 1. The zero-order chi connectivity index (χ0) is 36.4. The minimum absolute atomic E-state index is 0.0236. The van der Waals surface area contributed by atoms with E-state index in [0.29, 0.717) is 38.3 Å². The van der Waals surface area contributed by atoms with E-state index in [1.807, 2.05) is 31.2 Å². The van der Waals surface area contributed by atoms with E-state index in [-0.39, 0.29) is 30.0 Å². The Morgan fingerprint density at radius 1 is 0.824 bits per heavy atom. The minimum Gasteiger partial charge on any atom is -0.392 e. The first-order chi connectivity index (χ1) is 24.4. The van der Waals surface area contributed by atoms with Crippen LogP contribution in [-0.4, -0.2) is 59.7 Å². The van der Waals surface area contributed by atoms with Crippen LogP contribution in [0.1, 0.15) is 46.4 Å². The van der Waals surface area contributed by atoms with Gasteiger partial charge < -0.3 is 24.8 Å². The number of rotatable bonds is 9. The Kier molecular flexibility index (Phi) is 10.6. The number of non-ortho nitro benzene ring substituents is 1. The fourth-order valence-electron chi connectivity index (χ4n) is 6.28. The summed E-state index contributed by atoms with van der Waals surface area (Å²) in [5.41, 5.74) is 1.50. The van der Waals surface area contributed by atoms with E-state index in [1.165, 1.54) is 24.3 Å². The molecular formula is C36H33F5N4O6. The number of nitrogens with one attached hydrogen (secondary N) is 1. The molecule has 6 rings (SSSR count). The van der Waals surface area contributed by atoms with Crippen LogP contribution in [0.3, 0.4) is 0 Å². The summed E-state index contributed by atoms with van der Waals surface area (Å²) in [7, 11) is 0. The van der Waals surface area contributed by atoms with Crippen LogP contribution in [0.5, 0.6) is 0 Å². The van der Waals surface area contributed by atoms with E-state index in [2.05, 4.69) is 15.1 Å². The molecule has 1 amide bonds. The van der Waals surface area contributed by atoms with Crippen molar-refractivity contribution in [3.63, 3.8) is 0 Å². The smallest absolute Gasteiger partial charge is 0.269 e. The highest BCUT2D eigenvalue weighted by atomic mass is 19.2. The van der Waals surface area contributed by atoms with Gasteiger partial charge in [-0.05, 0) is 35.4 Å². The monoisotopic (exact) mass is 712 g/mol. The normalized spacial score (nSPS) is 21.0. The Bertz CT molecular complexity index is 1860. The molecule has 268 valence electrons. The molecule has 2 N–H and O–H groups in total. The number of aliphatic hydroxyl groups excluding tert-OH is 1. The summed E-state index contributed by atoms with van der Waals surface area (Å²) in [6, 6.07) is 19.7. The quantitative estimate of drug-likeness (QED) is 0.0652. The molecule has 4 atom stereocenters. The van der Waals surface area contributed by atoms with Gasteiger partial charge in [-0.25, -0.2) is 22.0 Å². The van der Waals surface area contributed by atoms with Crippen LogP contribution in [0.2, 0.25) is 0 Å². The SMILES string of the molecule is C[C@H]1[C@@H](CN2CCN(c3ccc([N+](=O)[O-])cc3)CC2)O[C@@H](c2ccc(NC(=O)c3c(F)c(F)c(F)c(F)c3F)cc2)O[C@H]1c1ccc(CO)cc1. The Balaban J connectivity index is 1.17. The molecule has 2 saturated heterocycles. The molecule has 4 aromatic carbocycles. The van der Waals surface area contributed by atoms with Crippen LogP contribution in [0.25, 0.3) is 0 Å². The van der Waals surface area contributed by atoms with E-state index in [0.717, 1.165) is 16.8 Å². The van der Waals surface area contributed by atoms with Crippen molar-refractivity contribution in [3.05, 3.63) is 134 Å². The van der Waals surface area contributed by atoms with Crippen molar-refractivity contribution in [1.82, 2.24) is 4.90 Å². The molecule has 2 aliphatic heterocycles. The summed E-state index contributed by atoms with van der Waals surface area (Å²) in [5, 5.41) is 22.7. The van der Waals surface area contributed by atoms with Crippen LogP contribution in [0.4, 0.5) is 39.0 Å². The number of nitro benzene ring substituents is 1. The first kappa shape index (κ1) is 35.9. The van der Waals surface area contributed by atoms with Crippen LogP contribution >= 0.6 is 0 Å². The zero-order valence-electron chi connectivity index (χ0n) is 27.2. The molecule has 0 spiro atoms. The number of carbonyl (C=O) groups is 1. The second-order valence-corrected chi connectivity index (χ2v) is 12.4. The highest BCUT2D eigenvalue weighted by Crippen LogP contribution is 2.42. The standard InChI is InChI=1S/C36H33F5N4O6/c1-20-27(18-43-14-16-44(17-15-43)25-10-12-26(13-11-25)45(48)49)50-36(51-34(20)22-4-2-21(19-46)3-5-22)23-6-8-24(9-7-23)42-35(47)28-29(37)31(39)33(41)32(40)30(28)38/h2-13,20,27,34,36,46H,14-19H2,1H3,(H,42,47)/t20-,27+,34+,36+/m0/s1. The summed E-state index contributed by atoms with van der Waals surface area (Å²) in [6.07, 6.45) is -1.61. The molecule has 2 aliphatic rings.